The summed E-state index contributed by atoms with van der Waals surface area (Å²) in [6, 6.07) is 3.69. The quantitative estimate of drug-likeness (QED) is 0.803. The van der Waals surface area contributed by atoms with Crippen molar-refractivity contribution in [2.45, 2.75) is 26.2 Å². The summed E-state index contributed by atoms with van der Waals surface area (Å²) < 4.78 is 5.72. The molecule has 0 aliphatic carbocycles. The van der Waals surface area contributed by atoms with Gasteiger partial charge in [0.15, 0.2) is 0 Å². The highest BCUT2D eigenvalue weighted by Gasteiger charge is 2.28. The third-order valence-electron chi connectivity index (χ3n) is 3.42. The smallest absolute Gasteiger partial charge is 0.309 e. The number of piperidine rings is 1. The Kier molecular flexibility index (Phi) is 5.43. The summed E-state index contributed by atoms with van der Waals surface area (Å²) in [6.07, 6.45) is 1.77. The van der Waals surface area contributed by atoms with Crippen molar-refractivity contribution in [2.24, 2.45) is 5.92 Å². The number of hydrogen-bond donors (Lipinski definition) is 0. The Balaban J connectivity index is 1.81. The van der Waals surface area contributed by atoms with Crippen LogP contribution in [-0.2, 0) is 20.7 Å². The fourth-order valence-electron chi connectivity index (χ4n) is 2.33. The normalized spacial score (nSPS) is 16.2. The van der Waals surface area contributed by atoms with E-state index in [0.717, 1.165) is 4.88 Å². The lowest BCUT2D eigenvalue weighted by Crippen LogP contribution is -2.41. The number of esters is 1. The Labute approximate surface area is 127 Å². The van der Waals surface area contributed by atoms with Crippen LogP contribution in [0.2, 0.25) is 4.34 Å². The molecule has 1 amide bonds. The lowest BCUT2D eigenvalue weighted by Gasteiger charge is -2.30. The van der Waals surface area contributed by atoms with Crippen molar-refractivity contribution in [3.8, 4) is 0 Å². The van der Waals surface area contributed by atoms with Gasteiger partial charge >= 0.3 is 5.97 Å². The highest BCUT2D eigenvalue weighted by Crippen LogP contribution is 2.24. The second kappa shape index (κ2) is 7.09. The molecule has 1 aromatic rings. The van der Waals surface area contributed by atoms with Crippen molar-refractivity contribution in [1.82, 2.24) is 4.90 Å². The van der Waals surface area contributed by atoms with Crippen LogP contribution in [0.15, 0.2) is 12.1 Å². The number of hydrogen-bond acceptors (Lipinski definition) is 4. The van der Waals surface area contributed by atoms with E-state index in [1.54, 1.807) is 0 Å². The average Bonchev–Trinajstić information content (AvgIpc) is 2.84. The van der Waals surface area contributed by atoms with Gasteiger partial charge in [-0.2, -0.15) is 0 Å². The van der Waals surface area contributed by atoms with Crippen LogP contribution in [0.25, 0.3) is 0 Å². The first-order chi connectivity index (χ1) is 9.60. The van der Waals surface area contributed by atoms with Crippen LogP contribution in [-0.4, -0.2) is 36.5 Å². The number of carbonyl (C=O) groups is 2. The van der Waals surface area contributed by atoms with Gasteiger partial charge in [-0.25, -0.2) is 0 Å². The summed E-state index contributed by atoms with van der Waals surface area (Å²) in [5.74, 6) is -0.0920. The first-order valence-electron chi connectivity index (χ1n) is 6.78. The Morgan fingerprint density at radius 2 is 2.10 bits per heavy atom. The second-order valence-corrected chi connectivity index (χ2v) is 6.59. The molecule has 1 aliphatic rings. The molecule has 0 radical (unpaired) electrons. The minimum atomic E-state index is -0.135. The minimum absolute atomic E-state index is 0.0600. The van der Waals surface area contributed by atoms with Crippen LogP contribution in [0.1, 0.15) is 24.6 Å². The number of carbonyl (C=O) groups excluding carboxylic acids is 2. The standard InChI is InChI=1S/C14H18ClNO3S/c1-2-19-14(18)10-5-7-16(8-6-10)13(17)9-11-3-4-12(15)20-11/h3-4,10H,2,5-9H2,1H3. The molecule has 1 fully saturated rings. The number of rotatable bonds is 4. The lowest BCUT2D eigenvalue weighted by molar-refractivity contribution is -0.151. The number of amides is 1. The maximum atomic E-state index is 12.2. The molecule has 6 heteroatoms. The van der Waals surface area contributed by atoms with Crippen LogP contribution < -0.4 is 0 Å². The van der Waals surface area contributed by atoms with Crippen LogP contribution in [0.5, 0.6) is 0 Å². The number of halogens is 1. The third-order valence-corrected chi connectivity index (χ3v) is 4.65. The summed E-state index contributed by atoms with van der Waals surface area (Å²) >= 11 is 7.29. The molecule has 0 atom stereocenters. The monoisotopic (exact) mass is 315 g/mol. The molecule has 4 nitrogen and oxygen atoms in total. The van der Waals surface area contributed by atoms with Gasteiger partial charge in [-0.1, -0.05) is 11.6 Å². The fraction of sp³-hybridized carbons (Fsp3) is 0.571. The number of thiophene rings is 1. The number of likely N-dealkylation sites (tertiary alicyclic amines) is 1. The highest BCUT2D eigenvalue weighted by molar-refractivity contribution is 7.16. The van der Waals surface area contributed by atoms with Crippen molar-refractivity contribution < 1.29 is 14.3 Å². The number of ether oxygens (including phenoxy) is 1. The molecule has 110 valence electrons. The Bertz CT molecular complexity index is 481. The van der Waals surface area contributed by atoms with Crippen molar-refractivity contribution in [1.29, 1.82) is 0 Å². The molecule has 1 aliphatic heterocycles. The molecule has 0 spiro atoms. The van der Waals surface area contributed by atoms with Crippen LogP contribution >= 0.6 is 22.9 Å². The molecule has 0 saturated carbocycles. The average molecular weight is 316 g/mol. The molecule has 0 bridgehead atoms. The van der Waals surface area contributed by atoms with Gasteiger partial charge < -0.3 is 9.64 Å². The first kappa shape index (κ1) is 15.3. The number of nitrogens with zero attached hydrogens (tertiary/aromatic N) is 1. The van der Waals surface area contributed by atoms with E-state index in [1.165, 1.54) is 11.3 Å². The van der Waals surface area contributed by atoms with Gasteiger partial charge in [0.1, 0.15) is 0 Å². The largest absolute Gasteiger partial charge is 0.466 e. The van der Waals surface area contributed by atoms with E-state index in [-0.39, 0.29) is 17.8 Å². The van der Waals surface area contributed by atoms with Crippen molar-refractivity contribution in [3.63, 3.8) is 0 Å². The summed E-state index contributed by atoms with van der Waals surface area (Å²) in [4.78, 5) is 26.6. The molecule has 0 N–H and O–H groups in total. The predicted molar refractivity (Wildman–Crippen MR) is 79.0 cm³/mol. The predicted octanol–water partition coefficient (Wildman–Crippen LogP) is 2.75. The zero-order valence-corrected chi connectivity index (χ0v) is 13.0. The maximum Gasteiger partial charge on any atom is 0.309 e. The van der Waals surface area contributed by atoms with E-state index < -0.39 is 0 Å². The van der Waals surface area contributed by atoms with Gasteiger partial charge in [-0.3, -0.25) is 9.59 Å². The molecule has 2 heterocycles. The maximum absolute atomic E-state index is 12.2. The van der Waals surface area contributed by atoms with Gasteiger partial charge in [0.2, 0.25) is 5.91 Å². The van der Waals surface area contributed by atoms with Gasteiger partial charge in [0.25, 0.3) is 0 Å². The van der Waals surface area contributed by atoms with E-state index in [1.807, 2.05) is 24.0 Å². The summed E-state index contributed by atoms with van der Waals surface area (Å²) in [6.45, 7) is 3.47. The summed E-state index contributed by atoms with van der Waals surface area (Å²) in [7, 11) is 0. The van der Waals surface area contributed by atoms with E-state index in [2.05, 4.69) is 0 Å². The Morgan fingerprint density at radius 3 is 2.65 bits per heavy atom. The zero-order chi connectivity index (χ0) is 14.5. The molecular weight excluding hydrogens is 298 g/mol. The van der Waals surface area contributed by atoms with Crippen LogP contribution in [0.4, 0.5) is 0 Å². The van der Waals surface area contributed by atoms with Crippen LogP contribution in [0.3, 0.4) is 0 Å². The molecular formula is C14H18ClNO3S. The van der Waals surface area contributed by atoms with Gasteiger partial charge in [0, 0.05) is 18.0 Å². The van der Waals surface area contributed by atoms with E-state index in [4.69, 9.17) is 16.3 Å². The molecule has 20 heavy (non-hydrogen) atoms. The highest BCUT2D eigenvalue weighted by atomic mass is 35.5. The van der Waals surface area contributed by atoms with E-state index in [0.29, 0.717) is 43.3 Å². The molecule has 0 unspecified atom stereocenters. The van der Waals surface area contributed by atoms with Gasteiger partial charge in [0.05, 0.1) is 23.3 Å². The summed E-state index contributed by atoms with van der Waals surface area (Å²) in [5.41, 5.74) is 0. The second-order valence-electron chi connectivity index (χ2n) is 4.79. The SMILES string of the molecule is CCOC(=O)C1CCN(C(=O)Cc2ccc(Cl)s2)CC1. The molecule has 1 saturated heterocycles. The Morgan fingerprint density at radius 1 is 1.40 bits per heavy atom. The zero-order valence-electron chi connectivity index (χ0n) is 11.4. The summed E-state index contributed by atoms with van der Waals surface area (Å²) in [5, 5.41) is 0. The topological polar surface area (TPSA) is 46.6 Å². The van der Waals surface area contributed by atoms with Crippen molar-refractivity contribution in [2.75, 3.05) is 19.7 Å². The molecule has 1 aromatic heterocycles. The first-order valence-corrected chi connectivity index (χ1v) is 7.98. The molecule has 2 rings (SSSR count). The Hall–Kier alpha value is -1.07. The van der Waals surface area contributed by atoms with Crippen molar-refractivity contribution >= 4 is 34.8 Å². The molecule has 0 aromatic carbocycles. The minimum Gasteiger partial charge on any atom is -0.466 e. The fourth-order valence-corrected chi connectivity index (χ4v) is 3.41. The van der Waals surface area contributed by atoms with E-state index in [9.17, 15) is 9.59 Å². The van der Waals surface area contributed by atoms with E-state index >= 15 is 0 Å². The lowest BCUT2D eigenvalue weighted by atomic mass is 9.97. The third kappa shape index (κ3) is 3.96. The van der Waals surface area contributed by atoms with Gasteiger partial charge in [-0.05, 0) is 31.9 Å². The van der Waals surface area contributed by atoms with Crippen LogP contribution in [0, 0.1) is 5.92 Å². The van der Waals surface area contributed by atoms with Crippen molar-refractivity contribution in [3.05, 3.63) is 21.3 Å². The van der Waals surface area contributed by atoms with Gasteiger partial charge in [-0.15, -0.1) is 11.3 Å².